The van der Waals surface area contributed by atoms with Gasteiger partial charge in [-0.2, -0.15) is 11.8 Å². The van der Waals surface area contributed by atoms with Crippen LogP contribution in [0.15, 0.2) is 0 Å². The third-order valence-electron chi connectivity index (χ3n) is 2.48. The van der Waals surface area contributed by atoms with E-state index < -0.39 is 12.0 Å². The van der Waals surface area contributed by atoms with Crippen LogP contribution in [0.3, 0.4) is 0 Å². The number of carbonyl (C=O) groups excluding carboxylic acids is 1. The SMILES string of the molecule is CC(=O)NC(CNCC1CCSC1)C(=O)O. The molecule has 1 amide bonds. The topological polar surface area (TPSA) is 78.4 Å². The minimum Gasteiger partial charge on any atom is -0.480 e. The number of carboxylic acids is 1. The van der Waals surface area contributed by atoms with Crippen molar-refractivity contribution >= 4 is 23.6 Å². The second kappa shape index (κ2) is 6.75. The summed E-state index contributed by atoms with van der Waals surface area (Å²) >= 11 is 1.93. The number of nitrogens with one attached hydrogen (secondary N) is 2. The zero-order valence-corrected chi connectivity index (χ0v) is 10.2. The van der Waals surface area contributed by atoms with E-state index in [0.717, 1.165) is 12.3 Å². The van der Waals surface area contributed by atoms with Crippen molar-refractivity contribution in [3.63, 3.8) is 0 Å². The Labute approximate surface area is 99.4 Å². The Kier molecular flexibility index (Phi) is 5.62. The minimum absolute atomic E-state index is 0.288. The van der Waals surface area contributed by atoms with Crippen LogP contribution in [0.2, 0.25) is 0 Å². The summed E-state index contributed by atoms with van der Waals surface area (Å²) in [7, 11) is 0. The number of hydrogen-bond acceptors (Lipinski definition) is 4. The van der Waals surface area contributed by atoms with Crippen LogP contribution < -0.4 is 10.6 Å². The number of amides is 1. The standard InChI is InChI=1S/C10H18N2O3S/c1-7(13)12-9(10(14)15)5-11-4-8-2-3-16-6-8/h8-9,11H,2-6H2,1H3,(H,12,13)(H,14,15). The monoisotopic (exact) mass is 246 g/mol. The molecule has 1 saturated heterocycles. The molecule has 0 aromatic rings. The molecule has 0 bridgehead atoms. The van der Waals surface area contributed by atoms with E-state index in [1.54, 1.807) is 0 Å². The summed E-state index contributed by atoms with van der Waals surface area (Å²) in [5.74, 6) is 1.66. The Balaban J connectivity index is 2.21. The second-order valence-electron chi connectivity index (χ2n) is 3.98. The lowest BCUT2D eigenvalue weighted by molar-refractivity contribution is -0.141. The quantitative estimate of drug-likeness (QED) is 0.611. The van der Waals surface area contributed by atoms with Gasteiger partial charge in [-0.3, -0.25) is 4.79 Å². The van der Waals surface area contributed by atoms with E-state index in [2.05, 4.69) is 10.6 Å². The van der Waals surface area contributed by atoms with Gasteiger partial charge in [0, 0.05) is 13.5 Å². The summed E-state index contributed by atoms with van der Waals surface area (Å²) in [6.45, 7) is 2.44. The fourth-order valence-corrected chi connectivity index (χ4v) is 2.91. The molecular formula is C10H18N2O3S. The number of carbonyl (C=O) groups is 2. The molecular weight excluding hydrogens is 228 g/mol. The first-order valence-electron chi connectivity index (χ1n) is 5.38. The molecule has 0 aromatic heterocycles. The zero-order valence-electron chi connectivity index (χ0n) is 9.36. The van der Waals surface area contributed by atoms with Crippen LogP contribution in [0.4, 0.5) is 0 Å². The highest BCUT2D eigenvalue weighted by Crippen LogP contribution is 2.22. The molecule has 92 valence electrons. The van der Waals surface area contributed by atoms with Gasteiger partial charge >= 0.3 is 5.97 Å². The summed E-state index contributed by atoms with van der Waals surface area (Å²) < 4.78 is 0. The lowest BCUT2D eigenvalue weighted by Crippen LogP contribution is -2.47. The van der Waals surface area contributed by atoms with Crippen LogP contribution in [-0.4, -0.2) is 47.6 Å². The third kappa shape index (κ3) is 4.85. The van der Waals surface area contributed by atoms with Crippen LogP contribution in [0.25, 0.3) is 0 Å². The summed E-state index contributed by atoms with van der Waals surface area (Å²) in [6, 6.07) is -0.827. The van der Waals surface area contributed by atoms with Crippen molar-refractivity contribution in [3.05, 3.63) is 0 Å². The van der Waals surface area contributed by atoms with E-state index in [1.807, 2.05) is 11.8 Å². The lowest BCUT2D eigenvalue weighted by atomic mass is 10.1. The van der Waals surface area contributed by atoms with E-state index in [0.29, 0.717) is 5.92 Å². The van der Waals surface area contributed by atoms with E-state index in [1.165, 1.54) is 19.1 Å². The van der Waals surface area contributed by atoms with Gasteiger partial charge in [0.05, 0.1) is 0 Å². The Morgan fingerprint density at radius 3 is 2.81 bits per heavy atom. The molecule has 2 unspecified atom stereocenters. The molecule has 3 N–H and O–H groups in total. The Morgan fingerprint density at radius 2 is 2.31 bits per heavy atom. The molecule has 5 nitrogen and oxygen atoms in total. The van der Waals surface area contributed by atoms with Crippen molar-refractivity contribution in [2.75, 3.05) is 24.6 Å². The van der Waals surface area contributed by atoms with Gasteiger partial charge in [-0.05, 0) is 30.4 Å². The predicted molar refractivity (Wildman–Crippen MR) is 63.5 cm³/mol. The van der Waals surface area contributed by atoms with Gasteiger partial charge in [-0.1, -0.05) is 0 Å². The van der Waals surface area contributed by atoms with Crippen LogP contribution >= 0.6 is 11.8 Å². The van der Waals surface area contributed by atoms with Crippen LogP contribution in [-0.2, 0) is 9.59 Å². The first kappa shape index (κ1) is 13.3. The molecule has 0 aromatic carbocycles. The first-order valence-corrected chi connectivity index (χ1v) is 6.53. The maximum absolute atomic E-state index is 10.8. The Hall–Kier alpha value is -0.750. The van der Waals surface area contributed by atoms with E-state index >= 15 is 0 Å². The summed E-state index contributed by atoms with van der Waals surface area (Å²) in [4.78, 5) is 21.6. The summed E-state index contributed by atoms with van der Waals surface area (Å²) in [5, 5.41) is 14.4. The summed E-state index contributed by atoms with van der Waals surface area (Å²) in [5.41, 5.74) is 0. The smallest absolute Gasteiger partial charge is 0.327 e. The average Bonchev–Trinajstić information content (AvgIpc) is 2.68. The largest absolute Gasteiger partial charge is 0.480 e. The van der Waals surface area contributed by atoms with Crippen molar-refractivity contribution < 1.29 is 14.7 Å². The predicted octanol–water partition coefficient (Wildman–Crippen LogP) is -0.0816. The van der Waals surface area contributed by atoms with Crippen molar-refractivity contribution in [2.24, 2.45) is 5.92 Å². The molecule has 6 heteroatoms. The lowest BCUT2D eigenvalue weighted by Gasteiger charge is -2.15. The highest BCUT2D eigenvalue weighted by Gasteiger charge is 2.19. The fourth-order valence-electron chi connectivity index (χ4n) is 1.62. The van der Waals surface area contributed by atoms with Gasteiger partial charge in [0.15, 0.2) is 0 Å². The number of thioether (sulfide) groups is 1. The van der Waals surface area contributed by atoms with Gasteiger partial charge < -0.3 is 15.7 Å². The number of aliphatic carboxylic acids is 1. The zero-order chi connectivity index (χ0) is 12.0. The fraction of sp³-hybridized carbons (Fsp3) is 0.800. The van der Waals surface area contributed by atoms with E-state index in [4.69, 9.17) is 5.11 Å². The molecule has 0 saturated carbocycles. The molecule has 0 radical (unpaired) electrons. The van der Waals surface area contributed by atoms with Crippen LogP contribution in [0, 0.1) is 5.92 Å². The Bertz CT molecular complexity index is 254. The number of carboxylic acid groups (broad SMARTS) is 1. The first-order chi connectivity index (χ1) is 7.59. The minimum atomic E-state index is -0.997. The van der Waals surface area contributed by atoms with Crippen molar-refractivity contribution in [3.8, 4) is 0 Å². The average molecular weight is 246 g/mol. The van der Waals surface area contributed by atoms with E-state index in [-0.39, 0.29) is 12.5 Å². The molecule has 0 aliphatic carbocycles. The van der Waals surface area contributed by atoms with Gasteiger partial charge in [-0.15, -0.1) is 0 Å². The molecule has 1 rings (SSSR count). The van der Waals surface area contributed by atoms with Crippen molar-refractivity contribution in [2.45, 2.75) is 19.4 Å². The summed E-state index contributed by atoms with van der Waals surface area (Å²) in [6.07, 6.45) is 1.19. The number of rotatable bonds is 6. The molecule has 1 aliphatic rings. The van der Waals surface area contributed by atoms with Gasteiger partial charge in [0.1, 0.15) is 6.04 Å². The van der Waals surface area contributed by atoms with Gasteiger partial charge in [-0.25, -0.2) is 4.79 Å². The normalized spacial score (nSPS) is 21.7. The van der Waals surface area contributed by atoms with Crippen molar-refractivity contribution in [1.82, 2.24) is 10.6 Å². The Morgan fingerprint density at radius 1 is 1.56 bits per heavy atom. The highest BCUT2D eigenvalue weighted by molar-refractivity contribution is 7.99. The van der Waals surface area contributed by atoms with E-state index in [9.17, 15) is 9.59 Å². The highest BCUT2D eigenvalue weighted by atomic mass is 32.2. The van der Waals surface area contributed by atoms with Gasteiger partial charge in [0.2, 0.25) is 5.91 Å². The molecule has 1 fully saturated rings. The molecule has 0 spiro atoms. The van der Waals surface area contributed by atoms with Crippen molar-refractivity contribution in [1.29, 1.82) is 0 Å². The number of hydrogen-bond donors (Lipinski definition) is 3. The third-order valence-corrected chi connectivity index (χ3v) is 3.71. The molecule has 1 aliphatic heterocycles. The molecule has 16 heavy (non-hydrogen) atoms. The maximum Gasteiger partial charge on any atom is 0.327 e. The molecule has 2 atom stereocenters. The van der Waals surface area contributed by atoms with Crippen LogP contribution in [0.1, 0.15) is 13.3 Å². The maximum atomic E-state index is 10.8. The van der Waals surface area contributed by atoms with Gasteiger partial charge in [0.25, 0.3) is 0 Å². The second-order valence-corrected chi connectivity index (χ2v) is 5.13. The van der Waals surface area contributed by atoms with Crippen LogP contribution in [0.5, 0.6) is 0 Å². The molecule has 1 heterocycles.